The zero-order valence-corrected chi connectivity index (χ0v) is 17.1. The molecule has 0 aliphatic heterocycles. The van der Waals surface area contributed by atoms with E-state index in [9.17, 15) is 9.18 Å². The molecule has 0 aliphatic rings. The average molecular weight is 398 g/mol. The Balaban J connectivity index is 2.25. The number of aromatic nitrogens is 1. The summed E-state index contributed by atoms with van der Waals surface area (Å²) in [4.78, 5) is 11.3. The summed E-state index contributed by atoms with van der Waals surface area (Å²) in [5.74, 6) is -0.274. The van der Waals surface area contributed by atoms with Crippen LogP contribution >= 0.6 is 11.9 Å². The second kappa shape index (κ2) is 8.63. The Bertz CT molecular complexity index is 1040. The van der Waals surface area contributed by atoms with Gasteiger partial charge in [0.2, 0.25) is 0 Å². The second-order valence-corrected chi connectivity index (χ2v) is 7.47. The Morgan fingerprint density at radius 2 is 2.07 bits per heavy atom. The molecular weight excluding hydrogens is 373 g/mol. The largest absolute Gasteiger partial charge is 0.337 e. The highest BCUT2D eigenvalue weighted by Crippen LogP contribution is 2.37. The van der Waals surface area contributed by atoms with Crippen LogP contribution in [0.25, 0.3) is 22.0 Å². The maximum absolute atomic E-state index is 14.3. The summed E-state index contributed by atoms with van der Waals surface area (Å²) in [6.07, 6.45) is 4.24. The number of nitrogens with two attached hydrogens (primary N) is 1. The van der Waals surface area contributed by atoms with Crippen LogP contribution in [0.1, 0.15) is 16.1 Å². The van der Waals surface area contributed by atoms with Crippen LogP contribution in [0.15, 0.2) is 54.4 Å². The Morgan fingerprint density at radius 1 is 1.29 bits per heavy atom. The Hall–Kier alpha value is -2.57. The molecule has 1 heterocycles. The van der Waals surface area contributed by atoms with E-state index in [0.29, 0.717) is 5.56 Å². The molecule has 0 bridgehead atoms. The van der Waals surface area contributed by atoms with Gasteiger partial charge in [-0.15, -0.1) is 0 Å². The van der Waals surface area contributed by atoms with Gasteiger partial charge in [-0.25, -0.2) is 4.39 Å². The van der Waals surface area contributed by atoms with Gasteiger partial charge in [-0.2, -0.15) is 0 Å². The second-order valence-electron chi connectivity index (χ2n) is 6.56. The summed E-state index contributed by atoms with van der Waals surface area (Å²) in [5.41, 5.74) is 11.0. The predicted molar refractivity (Wildman–Crippen MR) is 118 cm³/mol. The van der Waals surface area contributed by atoms with Crippen LogP contribution in [0, 0.1) is 6.92 Å². The normalized spacial score (nSPS) is 11.8. The molecule has 0 spiro atoms. The lowest BCUT2D eigenvalue weighted by Gasteiger charge is -2.16. The zero-order chi connectivity index (χ0) is 20.3. The predicted octanol–water partition coefficient (Wildman–Crippen LogP) is 4.96. The number of fused-ring (bicyclic) bond motifs is 1. The summed E-state index contributed by atoms with van der Waals surface area (Å²) >= 11 is 1.63. The van der Waals surface area contributed by atoms with E-state index in [0.717, 1.165) is 39.7 Å². The Morgan fingerprint density at radius 3 is 2.75 bits per heavy atom. The summed E-state index contributed by atoms with van der Waals surface area (Å²) in [6, 6.07) is 13.7. The number of allylic oxidation sites excluding steroid dienone is 1. The number of rotatable bonds is 7. The molecule has 1 aromatic heterocycles. The molecule has 0 unspecified atom stereocenters. The molecule has 4 nitrogen and oxygen atoms in total. The first kappa shape index (κ1) is 20.2. The molecule has 0 amide bonds. The molecular formula is C22H24FN3OS. The summed E-state index contributed by atoms with van der Waals surface area (Å²) in [6.45, 7) is 2.26. The highest BCUT2D eigenvalue weighted by Gasteiger charge is 2.17. The van der Waals surface area contributed by atoms with Crippen LogP contribution in [-0.4, -0.2) is 30.7 Å². The van der Waals surface area contributed by atoms with Gasteiger partial charge in [-0.3, -0.25) is 4.79 Å². The van der Waals surface area contributed by atoms with Crippen molar-refractivity contribution in [1.29, 1.82) is 0 Å². The van der Waals surface area contributed by atoms with Crippen molar-refractivity contribution in [2.75, 3.05) is 24.2 Å². The number of carbonyl (C=O) groups excluding carboxylic acids is 1. The number of hydrogen-bond donors (Lipinski definition) is 1. The molecule has 146 valence electrons. The third kappa shape index (κ3) is 3.84. The first-order chi connectivity index (χ1) is 13.5. The van der Waals surface area contributed by atoms with Gasteiger partial charge in [0.05, 0.1) is 6.54 Å². The number of benzene rings is 2. The van der Waals surface area contributed by atoms with Gasteiger partial charge in [0.1, 0.15) is 12.1 Å². The van der Waals surface area contributed by atoms with Crippen LogP contribution in [0.3, 0.4) is 0 Å². The van der Waals surface area contributed by atoms with E-state index in [1.165, 1.54) is 6.08 Å². The van der Waals surface area contributed by atoms with Crippen LogP contribution < -0.4 is 10.0 Å². The van der Waals surface area contributed by atoms with Gasteiger partial charge in [-0.1, -0.05) is 24.1 Å². The monoisotopic (exact) mass is 397 g/mol. The third-order valence-corrected chi connectivity index (χ3v) is 5.66. The van der Waals surface area contributed by atoms with E-state index in [-0.39, 0.29) is 18.9 Å². The molecule has 0 saturated heterocycles. The fourth-order valence-corrected chi connectivity index (χ4v) is 3.77. The van der Waals surface area contributed by atoms with Crippen molar-refractivity contribution in [2.24, 2.45) is 5.73 Å². The minimum atomic E-state index is -0.274. The Labute approximate surface area is 169 Å². The molecule has 0 atom stereocenters. The van der Waals surface area contributed by atoms with Crippen molar-refractivity contribution in [1.82, 2.24) is 4.57 Å². The number of nitrogens with zero attached hydrogens (tertiary/aromatic N) is 2. The molecule has 0 fully saturated rings. The Kier molecular flexibility index (Phi) is 6.21. The van der Waals surface area contributed by atoms with E-state index in [2.05, 4.69) is 16.4 Å². The molecule has 28 heavy (non-hydrogen) atoms. The number of halogens is 1. The lowest BCUT2D eigenvalue weighted by Crippen LogP contribution is -2.05. The van der Waals surface area contributed by atoms with Gasteiger partial charge in [-0.05, 0) is 48.9 Å². The number of anilines is 1. The van der Waals surface area contributed by atoms with Crippen LogP contribution in [-0.2, 0) is 6.54 Å². The smallest absolute Gasteiger partial charge is 0.150 e. The van der Waals surface area contributed by atoms with Gasteiger partial charge >= 0.3 is 0 Å². The molecule has 0 aliphatic carbocycles. The minimum absolute atomic E-state index is 0.115. The molecule has 3 aromatic rings. The fraction of sp³-hybridized carbons (Fsp3) is 0.227. The number of aldehydes is 1. The van der Waals surface area contributed by atoms with Crippen molar-refractivity contribution in [3.63, 3.8) is 0 Å². The van der Waals surface area contributed by atoms with Crippen molar-refractivity contribution >= 4 is 34.8 Å². The highest BCUT2D eigenvalue weighted by atomic mass is 32.2. The van der Waals surface area contributed by atoms with E-state index in [4.69, 9.17) is 5.73 Å². The van der Waals surface area contributed by atoms with Crippen molar-refractivity contribution in [2.45, 2.75) is 13.5 Å². The maximum atomic E-state index is 14.3. The standard InChI is InChI=1S/C22H24FN3OS/c1-15-22(17-5-4-6-19(12-17)25(2)28-3)20-11-16(14-27)7-8-21(20)26(15)13-18(23)9-10-24/h4-9,11-12,14H,10,13,24H2,1-3H3/b18-9-. The quantitative estimate of drug-likeness (QED) is 0.452. The van der Waals surface area contributed by atoms with Gasteiger partial charge in [0.15, 0.2) is 0 Å². The van der Waals surface area contributed by atoms with Crippen LogP contribution in [0.5, 0.6) is 0 Å². The zero-order valence-electron chi connectivity index (χ0n) is 16.3. The molecule has 2 N–H and O–H groups in total. The lowest BCUT2D eigenvalue weighted by atomic mass is 10.0. The molecule has 2 aromatic carbocycles. The SMILES string of the molecule is CSN(C)c1cccc(-c2c(C)n(C/C(F)=C/CN)c3ccc(C=O)cc23)c1. The molecule has 3 rings (SSSR count). The first-order valence-corrected chi connectivity index (χ1v) is 10.2. The highest BCUT2D eigenvalue weighted by molar-refractivity contribution is 7.99. The van der Waals surface area contributed by atoms with Crippen molar-refractivity contribution < 1.29 is 9.18 Å². The van der Waals surface area contributed by atoms with E-state index < -0.39 is 0 Å². The van der Waals surface area contributed by atoms with E-state index in [1.807, 2.05) is 49.1 Å². The summed E-state index contributed by atoms with van der Waals surface area (Å²) in [5, 5.41) is 0.937. The van der Waals surface area contributed by atoms with Crippen LogP contribution in [0.4, 0.5) is 10.1 Å². The van der Waals surface area contributed by atoms with Crippen molar-refractivity contribution in [3.8, 4) is 11.1 Å². The molecule has 6 heteroatoms. The summed E-state index contributed by atoms with van der Waals surface area (Å²) < 4.78 is 18.3. The molecule has 0 radical (unpaired) electrons. The van der Waals surface area contributed by atoms with Crippen LogP contribution in [0.2, 0.25) is 0 Å². The van der Waals surface area contributed by atoms with Gasteiger partial charge in [0, 0.05) is 53.3 Å². The average Bonchev–Trinajstić information content (AvgIpc) is 2.98. The molecule has 0 saturated carbocycles. The fourth-order valence-electron chi connectivity index (χ4n) is 3.45. The van der Waals surface area contributed by atoms with E-state index >= 15 is 0 Å². The van der Waals surface area contributed by atoms with Gasteiger partial charge in [0.25, 0.3) is 0 Å². The lowest BCUT2D eigenvalue weighted by molar-refractivity contribution is 0.112. The number of carbonyl (C=O) groups is 1. The van der Waals surface area contributed by atoms with Gasteiger partial charge < -0.3 is 14.6 Å². The van der Waals surface area contributed by atoms with Crippen molar-refractivity contribution in [3.05, 3.63) is 65.6 Å². The topological polar surface area (TPSA) is 51.3 Å². The minimum Gasteiger partial charge on any atom is -0.337 e. The number of hydrogen-bond acceptors (Lipinski definition) is 4. The maximum Gasteiger partial charge on any atom is 0.150 e. The van der Waals surface area contributed by atoms with E-state index in [1.54, 1.807) is 18.0 Å². The third-order valence-electron chi connectivity index (χ3n) is 4.90. The first-order valence-electron chi connectivity index (χ1n) is 9.01. The summed E-state index contributed by atoms with van der Waals surface area (Å²) in [7, 11) is 2.01.